The molecule has 2 aliphatic heterocycles. The molecule has 2 amide bonds. The van der Waals surface area contributed by atoms with E-state index in [9.17, 15) is 9.59 Å². The maximum Gasteiger partial charge on any atom is 0.414 e. The van der Waals surface area contributed by atoms with Gasteiger partial charge >= 0.3 is 6.09 Å². The van der Waals surface area contributed by atoms with E-state index in [1.807, 2.05) is 46.2 Å². The molecule has 2 atom stereocenters. The third kappa shape index (κ3) is 4.71. The van der Waals surface area contributed by atoms with Gasteiger partial charge in [0.05, 0.1) is 43.8 Å². The van der Waals surface area contributed by atoms with Crippen LogP contribution in [0, 0.1) is 5.82 Å². The molecule has 9 nitrogen and oxygen atoms in total. The SMILES string of the molecule is COc1ccccc1-c1cnn([C@H]2CCN(c3ccc(N4C[C@H](CNC(C)=O)OC4=O)cc3F)C2)c1. The van der Waals surface area contributed by atoms with Crippen molar-refractivity contribution in [2.45, 2.75) is 25.5 Å². The van der Waals surface area contributed by atoms with Crippen LogP contribution in [-0.4, -0.2) is 61.2 Å². The van der Waals surface area contributed by atoms with E-state index in [1.165, 1.54) is 17.9 Å². The van der Waals surface area contributed by atoms with E-state index in [0.29, 0.717) is 24.5 Å². The summed E-state index contributed by atoms with van der Waals surface area (Å²) in [7, 11) is 1.65. The van der Waals surface area contributed by atoms with Gasteiger partial charge in [-0.25, -0.2) is 9.18 Å². The summed E-state index contributed by atoms with van der Waals surface area (Å²) in [5.41, 5.74) is 2.86. The number of carbonyl (C=O) groups excluding carboxylic acids is 2. The van der Waals surface area contributed by atoms with E-state index in [-0.39, 0.29) is 25.0 Å². The highest BCUT2D eigenvalue weighted by Crippen LogP contribution is 2.34. The summed E-state index contributed by atoms with van der Waals surface area (Å²) < 4.78 is 27.8. The van der Waals surface area contributed by atoms with Gasteiger partial charge in [-0.15, -0.1) is 0 Å². The molecule has 5 rings (SSSR count). The van der Waals surface area contributed by atoms with Crippen molar-refractivity contribution >= 4 is 23.4 Å². The molecule has 36 heavy (non-hydrogen) atoms. The molecule has 2 saturated heterocycles. The molecule has 188 valence electrons. The smallest absolute Gasteiger partial charge is 0.414 e. The first-order valence-electron chi connectivity index (χ1n) is 11.9. The van der Waals surface area contributed by atoms with Crippen molar-refractivity contribution in [1.82, 2.24) is 15.1 Å². The van der Waals surface area contributed by atoms with Crippen LogP contribution in [0.2, 0.25) is 0 Å². The molecule has 2 fully saturated rings. The Morgan fingerprint density at radius 3 is 2.86 bits per heavy atom. The fourth-order valence-corrected chi connectivity index (χ4v) is 4.75. The molecular formula is C26H28FN5O4. The molecule has 10 heteroatoms. The second-order valence-corrected chi connectivity index (χ2v) is 8.99. The van der Waals surface area contributed by atoms with E-state index >= 15 is 4.39 Å². The van der Waals surface area contributed by atoms with Crippen molar-refractivity contribution in [2.75, 3.05) is 43.1 Å². The largest absolute Gasteiger partial charge is 0.496 e. The number of amides is 2. The molecule has 0 radical (unpaired) electrons. The molecule has 3 heterocycles. The van der Waals surface area contributed by atoms with E-state index in [0.717, 1.165) is 23.3 Å². The number of nitrogens with zero attached hydrogens (tertiary/aromatic N) is 4. The van der Waals surface area contributed by atoms with Crippen molar-refractivity contribution in [3.8, 4) is 16.9 Å². The van der Waals surface area contributed by atoms with E-state index in [4.69, 9.17) is 9.47 Å². The van der Waals surface area contributed by atoms with Crippen LogP contribution in [0.3, 0.4) is 0 Å². The number of carbonyl (C=O) groups is 2. The van der Waals surface area contributed by atoms with Crippen molar-refractivity contribution in [3.05, 3.63) is 60.7 Å². The van der Waals surface area contributed by atoms with Crippen LogP contribution < -0.4 is 19.9 Å². The summed E-state index contributed by atoms with van der Waals surface area (Å²) in [4.78, 5) is 26.8. The zero-order valence-electron chi connectivity index (χ0n) is 20.2. The molecule has 1 N–H and O–H groups in total. The van der Waals surface area contributed by atoms with Gasteiger partial charge in [0.2, 0.25) is 5.91 Å². The number of methoxy groups -OCH3 is 1. The van der Waals surface area contributed by atoms with Gasteiger partial charge < -0.3 is 19.7 Å². The summed E-state index contributed by atoms with van der Waals surface area (Å²) in [5.74, 6) is 0.187. The summed E-state index contributed by atoms with van der Waals surface area (Å²) >= 11 is 0. The second-order valence-electron chi connectivity index (χ2n) is 8.99. The van der Waals surface area contributed by atoms with Crippen LogP contribution in [0.4, 0.5) is 20.6 Å². The highest BCUT2D eigenvalue weighted by molar-refractivity contribution is 5.90. The lowest BCUT2D eigenvalue weighted by atomic mass is 10.1. The van der Waals surface area contributed by atoms with E-state index < -0.39 is 18.0 Å². The first-order chi connectivity index (χ1) is 17.4. The normalized spacial score (nSPS) is 19.5. The topological polar surface area (TPSA) is 88.9 Å². The lowest BCUT2D eigenvalue weighted by Gasteiger charge is -2.21. The van der Waals surface area contributed by atoms with Crippen molar-refractivity contribution in [3.63, 3.8) is 0 Å². The molecule has 0 aliphatic carbocycles. The third-order valence-electron chi connectivity index (χ3n) is 6.59. The quantitative estimate of drug-likeness (QED) is 0.541. The number of halogens is 1. The van der Waals surface area contributed by atoms with Gasteiger partial charge in [-0.3, -0.25) is 14.4 Å². The average molecular weight is 494 g/mol. The van der Waals surface area contributed by atoms with Gasteiger partial charge in [-0.2, -0.15) is 5.10 Å². The molecule has 0 unspecified atom stereocenters. The maximum atomic E-state index is 15.2. The van der Waals surface area contributed by atoms with Gasteiger partial charge in [0.25, 0.3) is 0 Å². The summed E-state index contributed by atoms with van der Waals surface area (Å²) in [5, 5.41) is 7.20. The minimum Gasteiger partial charge on any atom is -0.496 e. The van der Waals surface area contributed by atoms with Gasteiger partial charge in [-0.05, 0) is 30.7 Å². The van der Waals surface area contributed by atoms with Crippen LogP contribution in [0.5, 0.6) is 5.75 Å². The van der Waals surface area contributed by atoms with Gasteiger partial charge in [0.1, 0.15) is 17.7 Å². The average Bonchev–Trinajstić information content (AvgIpc) is 3.62. The highest BCUT2D eigenvalue weighted by Gasteiger charge is 2.33. The Kier molecular flexibility index (Phi) is 6.49. The Morgan fingerprint density at radius 2 is 2.08 bits per heavy atom. The fourth-order valence-electron chi connectivity index (χ4n) is 4.75. The minimum atomic E-state index is -0.553. The number of hydrogen-bond donors (Lipinski definition) is 1. The number of benzene rings is 2. The number of cyclic esters (lactones) is 1. The number of aromatic nitrogens is 2. The van der Waals surface area contributed by atoms with Crippen LogP contribution in [0.15, 0.2) is 54.9 Å². The number of hydrogen-bond acceptors (Lipinski definition) is 6. The standard InChI is InChI=1S/C26H28FN5O4/c1-17(33)28-13-21-16-31(26(34)36-21)19-7-8-24(23(27)11-19)30-10-9-20(15-30)32-14-18(12-29-32)22-5-3-4-6-25(22)35-2/h3-8,11-12,14,20-21H,9-10,13,15-16H2,1-2H3,(H,28,33)/t20-,21-/m0/s1. The zero-order chi connectivity index (χ0) is 25.2. The predicted molar refractivity (Wildman–Crippen MR) is 133 cm³/mol. The summed E-state index contributed by atoms with van der Waals surface area (Å²) in [6.45, 7) is 3.18. The van der Waals surface area contributed by atoms with Crippen LogP contribution in [0.1, 0.15) is 19.4 Å². The number of anilines is 2. The van der Waals surface area contributed by atoms with E-state index in [1.54, 1.807) is 19.2 Å². The predicted octanol–water partition coefficient (Wildman–Crippen LogP) is 3.61. The van der Waals surface area contributed by atoms with Gasteiger partial charge in [0, 0.05) is 37.3 Å². The Balaban J connectivity index is 1.26. The van der Waals surface area contributed by atoms with Crippen molar-refractivity contribution < 1.29 is 23.5 Å². The zero-order valence-corrected chi connectivity index (χ0v) is 20.2. The third-order valence-corrected chi connectivity index (χ3v) is 6.59. The number of para-hydroxylation sites is 1. The lowest BCUT2D eigenvalue weighted by Crippen LogP contribution is -2.33. The van der Waals surface area contributed by atoms with E-state index in [2.05, 4.69) is 10.4 Å². The van der Waals surface area contributed by atoms with Crippen LogP contribution in [0.25, 0.3) is 11.1 Å². The Labute approximate surface area is 208 Å². The minimum absolute atomic E-state index is 0.107. The summed E-state index contributed by atoms with van der Waals surface area (Å²) in [6, 6.07) is 12.7. The molecule has 0 bridgehead atoms. The first-order valence-corrected chi connectivity index (χ1v) is 11.9. The Morgan fingerprint density at radius 1 is 1.25 bits per heavy atom. The molecule has 0 spiro atoms. The maximum absolute atomic E-state index is 15.2. The first kappa shape index (κ1) is 23.7. The second kappa shape index (κ2) is 9.88. The summed E-state index contributed by atoms with van der Waals surface area (Å²) in [6.07, 6.45) is 3.63. The Hall–Kier alpha value is -4.08. The van der Waals surface area contributed by atoms with Gasteiger partial charge in [-0.1, -0.05) is 18.2 Å². The molecule has 3 aromatic rings. The van der Waals surface area contributed by atoms with Gasteiger partial charge in [0.15, 0.2) is 0 Å². The molecule has 0 saturated carbocycles. The fraction of sp³-hybridized carbons (Fsp3) is 0.346. The molecular weight excluding hydrogens is 465 g/mol. The molecule has 1 aromatic heterocycles. The number of rotatable bonds is 7. The monoisotopic (exact) mass is 493 g/mol. The van der Waals surface area contributed by atoms with Crippen molar-refractivity contribution in [2.24, 2.45) is 0 Å². The number of nitrogens with one attached hydrogen (secondary N) is 1. The molecule has 2 aromatic carbocycles. The number of ether oxygens (including phenoxy) is 2. The lowest BCUT2D eigenvalue weighted by molar-refractivity contribution is -0.119. The van der Waals surface area contributed by atoms with Crippen LogP contribution >= 0.6 is 0 Å². The Bertz CT molecular complexity index is 1280. The van der Waals surface area contributed by atoms with Crippen molar-refractivity contribution in [1.29, 1.82) is 0 Å². The molecule has 2 aliphatic rings. The van der Waals surface area contributed by atoms with Crippen LogP contribution in [-0.2, 0) is 9.53 Å². The highest BCUT2D eigenvalue weighted by atomic mass is 19.1.